The van der Waals surface area contributed by atoms with Gasteiger partial charge in [-0.2, -0.15) is 0 Å². The number of aliphatic hydroxyl groups excluding tert-OH is 3. The second kappa shape index (κ2) is 17.4. The molecule has 0 bridgehead atoms. The van der Waals surface area contributed by atoms with Crippen molar-refractivity contribution in [1.82, 2.24) is 0 Å². The fourth-order valence-corrected chi connectivity index (χ4v) is 3.61. The maximum absolute atomic E-state index is 9.99. The average molecular weight is 401 g/mol. The molecule has 0 aromatic carbocycles. The molecule has 0 amide bonds. The van der Waals surface area contributed by atoms with Gasteiger partial charge in [-0.1, -0.05) is 70.4 Å². The molecule has 1 heterocycles. The molecule has 0 radical (unpaired) electrons. The summed E-state index contributed by atoms with van der Waals surface area (Å²) in [7, 11) is 0. The predicted octanol–water partition coefficient (Wildman–Crippen LogP) is 4.13. The van der Waals surface area contributed by atoms with Gasteiger partial charge in [-0.25, -0.2) is 0 Å². The van der Waals surface area contributed by atoms with Crippen molar-refractivity contribution >= 4 is 0 Å². The van der Waals surface area contributed by atoms with E-state index in [2.05, 4.69) is 19.1 Å². The van der Waals surface area contributed by atoms with Crippen molar-refractivity contribution in [3.05, 3.63) is 12.2 Å². The molecule has 1 aliphatic heterocycles. The van der Waals surface area contributed by atoms with Crippen LogP contribution in [0.2, 0.25) is 0 Å². The maximum Gasteiger partial charge on any atom is 0.114 e. The monoisotopic (exact) mass is 400 g/mol. The molecule has 0 aliphatic carbocycles. The Morgan fingerprint density at radius 1 is 0.857 bits per heavy atom. The normalized spacial score (nSPS) is 25.6. The molecule has 4 atom stereocenters. The first-order chi connectivity index (χ1) is 13.7. The molecule has 0 aromatic heterocycles. The fraction of sp³-hybridized carbons (Fsp3) is 0.913. The van der Waals surface area contributed by atoms with Crippen molar-refractivity contribution in [1.29, 1.82) is 0 Å². The minimum Gasteiger partial charge on any atom is -0.394 e. The molecular formula is C23H44O5. The Bertz CT molecular complexity index is 372. The summed E-state index contributed by atoms with van der Waals surface area (Å²) in [6.45, 7) is 2.61. The van der Waals surface area contributed by atoms with E-state index >= 15 is 0 Å². The number of rotatable bonds is 17. The van der Waals surface area contributed by atoms with Crippen LogP contribution in [0.1, 0.15) is 90.4 Å². The number of aliphatic hydroxyl groups is 3. The van der Waals surface area contributed by atoms with Gasteiger partial charge in [0.05, 0.1) is 13.2 Å². The quantitative estimate of drug-likeness (QED) is 0.253. The SMILES string of the molecule is CCCCCCCC/C=C/CCCCCCCO[C@H]1[C@H](O)[C@@H](O)CO[C@@H]1CO. The number of unbranched alkanes of at least 4 members (excludes halogenated alkanes) is 11. The first-order valence-corrected chi connectivity index (χ1v) is 11.6. The molecule has 0 spiro atoms. The van der Waals surface area contributed by atoms with E-state index in [-0.39, 0.29) is 13.2 Å². The Morgan fingerprint density at radius 2 is 1.43 bits per heavy atom. The van der Waals surface area contributed by atoms with Crippen LogP contribution in [-0.4, -0.2) is 59.6 Å². The summed E-state index contributed by atoms with van der Waals surface area (Å²) in [5.41, 5.74) is 0. The van der Waals surface area contributed by atoms with Crippen molar-refractivity contribution in [2.45, 2.75) is 115 Å². The fourth-order valence-electron chi connectivity index (χ4n) is 3.61. The Hall–Kier alpha value is -0.460. The van der Waals surface area contributed by atoms with E-state index in [0.29, 0.717) is 6.61 Å². The van der Waals surface area contributed by atoms with Crippen LogP contribution in [0.5, 0.6) is 0 Å². The topological polar surface area (TPSA) is 79.2 Å². The van der Waals surface area contributed by atoms with Gasteiger partial charge in [0.2, 0.25) is 0 Å². The van der Waals surface area contributed by atoms with Crippen molar-refractivity contribution in [3.63, 3.8) is 0 Å². The molecule has 1 rings (SSSR count). The summed E-state index contributed by atoms with van der Waals surface area (Å²) in [6, 6.07) is 0. The molecule has 5 nitrogen and oxygen atoms in total. The Kier molecular flexibility index (Phi) is 15.9. The van der Waals surface area contributed by atoms with Gasteiger partial charge in [0, 0.05) is 6.61 Å². The lowest BCUT2D eigenvalue weighted by Gasteiger charge is -2.37. The summed E-state index contributed by atoms with van der Waals surface area (Å²) in [5, 5.41) is 28.9. The predicted molar refractivity (Wildman–Crippen MR) is 113 cm³/mol. The van der Waals surface area contributed by atoms with Crippen LogP contribution in [0.25, 0.3) is 0 Å². The van der Waals surface area contributed by atoms with Gasteiger partial charge >= 0.3 is 0 Å². The first kappa shape index (κ1) is 25.6. The molecule has 166 valence electrons. The third-order valence-corrected chi connectivity index (χ3v) is 5.47. The van der Waals surface area contributed by atoms with Gasteiger partial charge in [0.25, 0.3) is 0 Å². The standard InChI is InChI=1S/C23H44O5/c1-2-3-4-5-6-7-8-9-10-11-12-13-14-15-16-17-27-23-21(18-24)28-19-20(25)22(23)26/h9-10,20-26H,2-8,11-19H2,1H3/b10-9+/t20-,21+,22+,23+/m0/s1. The minimum atomic E-state index is -0.992. The van der Waals surface area contributed by atoms with Crippen molar-refractivity contribution < 1.29 is 24.8 Å². The highest BCUT2D eigenvalue weighted by molar-refractivity contribution is 4.87. The number of hydrogen-bond acceptors (Lipinski definition) is 5. The Labute approximate surface area is 172 Å². The lowest BCUT2D eigenvalue weighted by Crippen LogP contribution is -2.55. The van der Waals surface area contributed by atoms with Crippen molar-refractivity contribution in [3.8, 4) is 0 Å². The van der Waals surface area contributed by atoms with Crippen LogP contribution in [0.3, 0.4) is 0 Å². The van der Waals surface area contributed by atoms with Crippen molar-refractivity contribution in [2.75, 3.05) is 19.8 Å². The number of allylic oxidation sites excluding steroid dienone is 2. The van der Waals surface area contributed by atoms with E-state index in [1.807, 2.05) is 0 Å². The Morgan fingerprint density at radius 3 is 2.04 bits per heavy atom. The van der Waals surface area contributed by atoms with Gasteiger partial charge in [0.1, 0.15) is 24.4 Å². The van der Waals surface area contributed by atoms with Gasteiger partial charge in [-0.15, -0.1) is 0 Å². The van der Waals surface area contributed by atoms with E-state index in [4.69, 9.17) is 9.47 Å². The largest absolute Gasteiger partial charge is 0.394 e. The highest BCUT2D eigenvalue weighted by Gasteiger charge is 2.39. The number of hydrogen-bond donors (Lipinski definition) is 3. The zero-order valence-corrected chi connectivity index (χ0v) is 17.9. The summed E-state index contributed by atoms with van der Waals surface area (Å²) in [6.07, 6.45) is 17.8. The Balaban J connectivity index is 1.90. The molecule has 0 aromatic rings. The van der Waals surface area contributed by atoms with Gasteiger partial charge in [-0.3, -0.25) is 0 Å². The number of ether oxygens (including phenoxy) is 2. The second-order valence-electron chi connectivity index (χ2n) is 8.03. The zero-order valence-electron chi connectivity index (χ0n) is 17.9. The summed E-state index contributed by atoms with van der Waals surface area (Å²) in [4.78, 5) is 0. The molecule has 28 heavy (non-hydrogen) atoms. The molecule has 1 fully saturated rings. The second-order valence-corrected chi connectivity index (χ2v) is 8.03. The maximum atomic E-state index is 9.99. The van der Waals surface area contributed by atoms with E-state index < -0.39 is 24.4 Å². The smallest absolute Gasteiger partial charge is 0.114 e. The summed E-state index contributed by atoms with van der Waals surface area (Å²) in [5.74, 6) is 0. The minimum absolute atomic E-state index is 0.0413. The van der Waals surface area contributed by atoms with Crippen LogP contribution in [0.4, 0.5) is 0 Å². The van der Waals surface area contributed by atoms with Crippen molar-refractivity contribution in [2.24, 2.45) is 0 Å². The van der Waals surface area contributed by atoms with Crippen LogP contribution in [0.15, 0.2) is 12.2 Å². The van der Waals surface area contributed by atoms with Crippen LogP contribution in [0, 0.1) is 0 Å². The first-order valence-electron chi connectivity index (χ1n) is 11.6. The molecule has 1 saturated heterocycles. The van der Waals surface area contributed by atoms with Gasteiger partial charge < -0.3 is 24.8 Å². The molecule has 0 unspecified atom stereocenters. The highest BCUT2D eigenvalue weighted by Crippen LogP contribution is 2.19. The van der Waals surface area contributed by atoms with Crippen LogP contribution in [-0.2, 0) is 9.47 Å². The van der Waals surface area contributed by atoms with Gasteiger partial charge in [0.15, 0.2) is 0 Å². The summed E-state index contributed by atoms with van der Waals surface area (Å²) >= 11 is 0. The van der Waals surface area contributed by atoms with E-state index in [1.165, 1.54) is 70.6 Å². The van der Waals surface area contributed by atoms with E-state index in [9.17, 15) is 15.3 Å². The van der Waals surface area contributed by atoms with Crippen LogP contribution < -0.4 is 0 Å². The van der Waals surface area contributed by atoms with Crippen LogP contribution >= 0.6 is 0 Å². The van der Waals surface area contributed by atoms with Gasteiger partial charge in [-0.05, 0) is 32.1 Å². The lowest BCUT2D eigenvalue weighted by atomic mass is 10.0. The summed E-state index contributed by atoms with van der Waals surface area (Å²) < 4.78 is 11.0. The molecule has 3 N–H and O–H groups in total. The molecule has 5 heteroatoms. The van der Waals surface area contributed by atoms with E-state index in [0.717, 1.165) is 12.8 Å². The zero-order chi connectivity index (χ0) is 20.5. The third-order valence-electron chi connectivity index (χ3n) is 5.47. The average Bonchev–Trinajstić information content (AvgIpc) is 2.70. The molecule has 0 saturated carbocycles. The highest BCUT2D eigenvalue weighted by atomic mass is 16.6. The molecular weight excluding hydrogens is 356 g/mol. The molecule has 1 aliphatic rings. The third kappa shape index (κ3) is 11.5. The van der Waals surface area contributed by atoms with E-state index in [1.54, 1.807) is 0 Å². The lowest BCUT2D eigenvalue weighted by molar-refractivity contribution is -0.211.